The molecule has 26 heavy (non-hydrogen) atoms. The van der Waals surface area contributed by atoms with Gasteiger partial charge >= 0.3 is 0 Å². The lowest BCUT2D eigenvalue weighted by Gasteiger charge is -2.33. The van der Waals surface area contributed by atoms with Gasteiger partial charge in [-0.05, 0) is 52.7 Å². The van der Waals surface area contributed by atoms with E-state index < -0.39 is 10.0 Å². The molecular weight excluding hydrogens is 372 g/mol. The second kappa shape index (κ2) is 8.03. The largest absolute Gasteiger partial charge is 0.497 e. The van der Waals surface area contributed by atoms with E-state index >= 15 is 0 Å². The third-order valence-electron chi connectivity index (χ3n) is 4.21. The van der Waals surface area contributed by atoms with Crippen LogP contribution < -0.4 is 4.74 Å². The minimum atomic E-state index is -3.56. The number of thiophene rings is 1. The number of sulfonamides is 1. The zero-order valence-electron chi connectivity index (χ0n) is 14.4. The van der Waals surface area contributed by atoms with Gasteiger partial charge in [0.15, 0.2) is 0 Å². The summed E-state index contributed by atoms with van der Waals surface area (Å²) in [5, 5.41) is 3.91. The molecule has 2 aromatic rings. The Morgan fingerprint density at radius 3 is 2.38 bits per heavy atom. The molecule has 1 saturated heterocycles. The summed E-state index contributed by atoms with van der Waals surface area (Å²) in [6, 6.07) is 8.27. The molecule has 0 aliphatic carbocycles. The van der Waals surface area contributed by atoms with Crippen LogP contribution in [0.15, 0.2) is 52.1 Å². The highest BCUT2D eigenvalue weighted by atomic mass is 32.2. The lowest BCUT2D eigenvalue weighted by atomic mass is 10.3. The van der Waals surface area contributed by atoms with E-state index in [1.165, 1.54) is 29.6 Å². The monoisotopic (exact) mass is 392 g/mol. The molecule has 0 bridgehead atoms. The zero-order chi connectivity index (χ0) is 18.6. The van der Waals surface area contributed by atoms with E-state index in [1.54, 1.807) is 34.4 Å². The average Bonchev–Trinajstić information content (AvgIpc) is 3.20. The van der Waals surface area contributed by atoms with Gasteiger partial charge in [0, 0.05) is 32.3 Å². The first-order valence-electron chi connectivity index (χ1n) is 8.14. The molecule has 1 amide bonds. The van der Waals surface area contributed by atoms with Gasteiger partial charge in [0.2, 0.25) is 15.9 Å². The summed E-state index contributed by atoms with van der Waals surface area (Å²) in [7, 11) is -2.03. The molecule has 3 rings (SSSR count). The Morgan fingerprint density at radius 1 is 1.12 bits per heavy atom. The molecule has 0 atom stereocenters. The maximum Gasteiger partial charge on any atom is 0.246 e. The normalized spacial score (nSPS) is 16.1. The van der Waals surface area contributed by atoms with Crippen molar-refractivity contribution in [1.82, 2.24) is 9.21 Å². The number of carbonyl (C=O) groups excluding carboxylic acids is 1. The van der Waals surface area contributed by atoms with Crippen LogP contribution in [0.2, 0.25) is 0 Å². The number of hydrogen-bond acceptors (Lipinski definition) is 5. The van der Waals surface area contributed by atoms with Crippen molar-refractivity contribution in [3.05, 3.63) is 52.7 Å². The Hall–Kier alpha value is -2.16. The Morgan fingerprint density at radius 2 is 1.81 bits per heavy atom. The van der Waals surface area contributed by atoms with Crippen LogP contribution in [0.4, 0.5) is 0 Å². The molecule has 1 aromatic heterocycles. The molecular formula is C18H20N2O4S2. The summed E-state index contributed by atoms with van der Waals surface area (Å²) in [4.78, 5) is 14.2. The molecule has 1 aromatic carbocycles. The van der Waals surface area contributed by atoms with E-state index in [2.05, 4.69) is 0 Å². The molecule has 138 valence electrons. The van der Waals surface area contributed by atoms with Gasteiger partial charge in [-0.15, -0.1) is 0 Å². The average molecular weight is 393 g/mol. The minimum absolute atomic E-state index is 0.0994. The molecule has 0 unspecified atom stereocenters. The van der Waals surface area contributed by atoms with Crippen LogP contribution >= 0.6 is 11.3 Å². The number of nitrogens with zero attached hydrogens (tertiary/aromatic N) is 2. The lowest BCUT2D eigenvalue weighted by molar-refractivity contribution is -0.127. The molecule has 1 fully saturated rings. The van der Waals surface area contributed by atoms with E-state index in [-0.39, 0.29) is 23.9 Å². The molecule has 8 heteroatoms. The summed E-state index contributed by atoms with van der Waals surface area (Å²) in [6.45, 7) is 1.32. The number of piperazine rings is 1. The Bertz CT molecular complexity index is 866. The smallest absolute Gasteiger partial charge is 0.246 e. The summed E-state index contributed by atoms with van der Waals surface area (Å²) < 4.78 is 31.9. The predicted octanol–water partition coefficient (Wildman–Crippen LogP) is 2.30. The molecule has 1 aliphatic rings. The lowest BCUT2D eigenvalue weighted by Crippen LogP contribution is -2.50. The first-order chi connectivity index (χ1) is 12.5. The zero-order valence-corrected chi connectivity index (χ0v) is 16.0. The summed E-state index contributed by atoms with van der Waals surface area (Å²) in [6.07, 6.45) is 3.31. The number of benzene rings is 1. The summed E-state index contributed by atoms with van der Waals surface area (Å²) in [5.74, 6) is 0.509. The summed E-state index contributed by atoms with van der Waals surface area (Å²) >= 11 is 1.57. The van der Waals surface area contributed by atoms with Gasteiger partial charge in [-0.3, -0.25) is 4.79 Å². The van der Waals surface area contributed by atoms with Crippen LogP contribution in [0.5, 0.6) is 5.75 Å². The third-order valence-corrected chi connectivity index (χ3v) is 6.82. The Balaban J connectivity index is 1.61. The van der Waals surface area contributed by atoms with Gasteiger partial charge in [-0.1, -0.05) is 0 Å². The van der Waals surface area contributed by atoms with Crippen molar-refractivity contribution in [2.45, 2.75) is 4.90 Å². The fraction of sp³-hybridized carbons (Fsp3) is 0.278. The molecule has 6 nitrogen and oxygen atoms in total. The number of rotatable bonds is 5. The van der Waals surface area contributed by atoms with Crippen LogP contribution in [0, 0.1) is 0 Å². The SMILES string of the molecule is COc1ccc(S(=O)(=O)N2CCN(C(=O)C=Cc3ccsc3)CC2)cc1. The summed E-state index contributed by atoms with van der Waals surface area (Å²) in [5.41, 5.74) is 0.990. The number of methoxy groups -OCH3 is 1. The molecule has 0 spiro atoms. The van der Waals surface area contributed by atoms with Crippen molar-refractivity contribution in [2.24, 2.45) is 0 Å². The Labute approximate surface area is 157 Å². The quantitative estimate of drug-likeness (QED) is 0.733. The van der Waals surface area contributed by atoms with Crippen LogP contribution in [0.3, 0.4) is 0 Å². The van der Waals surface area contributed by atoms with Crippen LogP contribution in [-0.4, -0.2) is 56.8 Å². The van der Waals surface area contributed by atoms with E-state index in [1.807, 2.05) is 16.8 Å². The number of carbonyl (C=O) groups is 1. The number of ether oxygens (including phenoxy) is 1. The number of amides is 1. The van der Waals surface area contributed by atoms with Gasteiger partial charge in [-0.25, -0.2) is 8.42 Å². The topological polar surface area (TPSA) is 66.9 Å². The van der Waals surface area contributed by atoms with E-state index in [0.29, 0.717) is 18.8 Å². The second-order valence-electron chi connectivity index (χ2n) is 5.79. The van der Waals surface area contributed by atoms with E-state index in [4.69, 9.17) is 4.74 Å². The first kappa shape index (κ1) is 18.6. The standard InChI is InChI=1S/C18H20N2O4S2/c1-24-16-3-5-17(6-4-16)26(22,23)20-11-9-19(10-12-20)18(21)7-2-15-8-13-25-14-15/h2-8,13-14H,9-12H2,1H3. The Kier molecular flexibility index (Phi) is 5.75. The van der Waals surface area contributed by atoms with Gasteiger partial charge in [0.1, 0.15) is 5.75 Å². The van der Waals surface area contributed by atoms with Crippen molar-refractivity contribution in [2.75, 3.05) is 33.3 Å². The van der Waals surface area contributed by atoms with Crippen LogP contribution in [-0.2, 0) is 14.8 Å². The van der Waals surface area contributed by atoms with Gasteiger partial charge in [0.05, 0.1) is 12.0 Å². The van der Waals surface area contributed by atoms with E-state index in [9.17, 15) is 13.2 Å². The van der Waals surface area contributed by atoms with Gasteiger partial charge in [0.25, 0.3) is 0 Å². The molecule has 0 radical (unpaired) electrons. The maximum atomic E-state index is 12.7. The van der Waals surface area contributed by atoms with Crippen LogP contribution in [0.25, 0.3) is 6.08 Å². The van der Waals surface area contributed by atoms with Crippen molar-refractivity contribution in [3.8, 4) is 5.75 Å². The highest BCUT2D eigenvalue weighted by Crippen LogP contribution is 2.20. The van der Waals surface area contributed by atoms with Crippen LogP contribution in [0.1, 0.15) is 5.56 Å². The van der Waals surface area contributed by atoms with Gasteiger partial charge in [-0.2, -0.15) is 15.6 Å². The highest BCUT2D eigenvalue weighted by Gasteiger charge is 2.29. The highest BCUT2D eigenvalue weighted by molar-refractivity contribution is 7.89. The molecule has 1 aliphatic heterocycles. The molecule has 0 saturated carbocycles. The van der Waals surface area contributed by atoms with E-state index in [0.717, 1.165) is 5.56 Å². The van der Waals surface area contributed by atoms with Gasteiger partial charge < -0.3 is 9.64 Å². The fourth-order valence-electron chi connectivity index (χ4n) is 2.69. The third kappa shape index (κ3) is 4.14. The maximum absolute atomic E-state index is 12.7. The second-order valence-corrected chi connectivity index (χ2v) is 8.51. The van der Waals surface area contributed by atoms with Crippen molar-refractivity contribution >= 4 is 33.3 Å². The van der Waals surface area contributed by atoms with Crippen molar-refractivity contribution < 1.29 is 17.9 Å². The van der Waals surface area contributed by atoms with Crippen molar-refractivity contribution in [3.63, 3.8) is 0 Å². The fourth-order valence-corrected chi connectivity index (χ4v) is 4.74. The molecule has 2 heterocycles. The number of hydrogen-bond donors (Lipinski definition) is 0. The first-order valence-corrected chi connectivity index (χ1v) is 10.5. The van der Waals surface area contributed by atoms with Crippen molar-refractivity contribution in [1.29, 1.82) is 0 Å². The minimum Gasteiger partial charge on any atom is -0.497 e. The predicted molar refractivity (Wildman–Crippen MR) is 102 cm³/mol. The molecule has 0 N–H and O–H groups in total.